The Morgan fingerprint density at radius 3 is 2.28 bits per heavy atom. The van der Waals surface area contributed by atoms with Crippen molar-refractivity contribution < 1.29 is 19.1 Å². The van der Waals surface area contributed by atoms with Gasteiger partial charge in [0.15, 0.2) is 5.78 Å². The summed E-state index contributed by atoms with van der Waals surface area (Å²) in [6, 6.07) is 2.73. The normalized spacial score (nSPS) is 16.9. The van der Waals surface area contributed by atoms with Gasteiger partial charge in [-0.15, -0.1) is 12.8 Å². The van der Waals surface area contributed by atoms with Crippen molar-refractivity contribution in [2.24, 2.45) is 11.1 Å². The van der Waals surface area contributed by atoms with Gasteiger partial charge in [-0.2, -0.15) is 0 Å². The number of fused-ring (bicyclic) bond motifs is 1. The number of aliphatic hydroxyl groups is 1. The number of aliphatic hydroxyl groups excluding tert-OH is 1. The number of carbonyl (C=O) groups is 2. The van der Waals surface area contributed by atoms with Gasteiger partial charge in [0.05, 0.1) is 17.4 Å². The minimum Gasteiger partial charge on any atom is -0.398 e. The van der Waals surface area contributed by atoms with Gasteiger partial charge < -0.3 is 21.1 Å². The molecule has 0 bridgehead atoms. The summed E-state index contributed by atoms with van der Waals surface area (Å²) < 4.78 is 16.0. The lowest BCUT2D eigenvalue weighted by Crippen LogP contribution is -2.28. The third kappa shape index (κ3) is 5.38. The van der Waals surface area contributed by atoms with Crippen LogP contribution in [0.4, 0.5) is 10.1 Å². The molecule has 2 aliphatic carbocycles. The first-order valence-corrected chi connectivity index (χ1v) is 10.6. The first-order chi connectivity index (χ1) is 15.0. The molecule has 32 heavy (non-hydrogen) atoms. The summed E-state index contributed by atoms with van der Waals surface area (Å²) >= 11 is 0. The fourth-order valence-corrected chi connectivity index (χ4v) is 4.42. The SMILES string of the molecule is C#C.Cc1cn(-c2cc(N)c(C(N)=O)c(F)c2)c2c1C(=O)CC(C)(C)C2.OC1CCCC1. The molecule has 0 radical (unpaired) electrons. The number of Topliss-reactive ketones (excluding diaryl/α,β-unsaturated/α-hetero) is 1. The minimum absolute atomic E-state index is 0.0148. The van der Waals surface area contributed by atoms with Crippen molar-refractivity contribution >= 4 is 17.4 Å². The Labute approximate surface area is 188 Å². The van der Waals surface area contributed by atoms with Crippen molar-refractivity contribution in [3.8, 4) is 18.5 Å². The third-order valence-corrected chi connectivity index (χ3v) is 5.82. The van der Waals surface area contributed by atoms with Gasteiger partial charge in [0.1, 0.15) is 5.82 Å². The van der Waals surface area contributed by atoms with Crippen LogP contribution in [0.2, 0.25) is 0 Å². The van der Waals surface area contributed by atoms with Crippen molar-refractivity contribution in [2.75, 3.05) is 5.73 Å². The lowest BCUT2D eigenvalue weighted by atomic mass is 9.75. The Hall–Kier alpha value is -3.11. The topological polar surface area (TPSA) is 111 Å². The Morgan fingerprint density at radius 1 is 1.22 bits per heavy atom. The van der Waals surface area contributed by atoms with Crippen LogP contribution in [0.1, 0.15) is 77.9 Å². The van der Waals surface area contributed by atoms with Gasteiger partial charge in [0.25, 0.3) is 5.91 Å². The van der Waals surface area contributed by atoms with Crippen molar-refractivity contribution in [3.63, 3.8) is 0 Å². The highest BCUT2D eigenvalue weighted by atomic mass is 19.1. The predicted molar refractivity (Wildman–Crippen MR) is 124 cm³/mol. The molecule has 172 valence electrons. The van der Waals surface area contributed by atoms with Crippen molar-refractivity contribution in [1.82, 2.24) is 4.57 Å². The van der Waals surface area contributed by atoms with E-state index in [0.29, 0.717) is 24.1 Å². The largest absolute Gasteiger partial charge is 0.398 e. The number of nitrogen functional groups attached to an aromatic ring is 1. The Morgan fingerprint density at radius 2 is 1.81 bits per heavy atom. The summed E-state index contributed by atoms with van der Waals surface area (Å²) in [5, 5.41) is 8.73. The lowest BCUT2D eigenvalue weighted by Gasteiger charge is -2.30. The van der Waals surface area contributed by atoms with Gasteiger partial charge in [-0.3, -0.25) is 9.59 Å². The van der Waals surface area contributed by atoms with Crippen LogP contribution in [-0.2, 0) is 6.42 Å². The van der Waals surface area contributed by atoms with Crippen LogP contribution in [0.15, 0.2) is 18.3 Å². The highest BCUT2D eigenvalue weighted by Crippen LogP contribution is 2.38. The molecular weight excluding hydrogens is 409 g/mol. The number of terminal acetylenes is 1. The van der Waals surface area contributed by atoms with Crippen LogP contribution in [0.25, 0.3) is 5.69 Å². The fraction of sp³-hybridized carbons (Fsp3) is 0.440. The molecule has 0 unspecified atom stereocenters. The van der Waals surface area contributed by atoms with E-state index in [2.05, 4.69) is 12.8 Å². The molecule has 7 heteroatoms. The zero-order valence-electron chi connectivity index (χ0n) is 19.0. The first kappa shape index (κ1) is 25.2. The van der Waals surface area contributed by atoms with Crippen molar-refractivity contribution in [1.29, 1.82) is 0 Å². The second-order valence-corrected chi connectivity index (χ2v) is 9.14. The molecule has 0 spiro atoms. The summed E-state index contributed by atoms with van der Waals surface area (Å²) in [6.45, 7) is 5.93. The van der Waals surface area contributed by atoms with Gasteiger partial charge in [-0.1, -0.05) is 26.7 Å². The molecule has 1 fully saturated rings. The molecule has 1 saturated carbocycles. The van der Waals surface area contributed by atoms with E-state index in [9.17, 15) is 14.0 Å². The van der Waals surface area contributed by atoms with E-state index in [1.807, 2.05) is 27.0 Å². The number of benzene rings is 1. The van der Waals surface area contributed by atoms with Gasteiger partial charge in [-0.05, 0) is 49.3 Å². The third-order valence-electron chi connectivity index (χ3n) is 5.82. The Kier molecular flexibility index (Phi) is 7.87. The molecule has 0 aliphatic heterocycles. The quantitative estimate of drug-likeness (QED) is 0.484. The van der Waals surface area contributed by atoms with Crippen molar-refractivity contribution in [2.45, 2.75) is 65.4 Å². The van der Waals surface area contributed by atoms with E-state index >= 15 is 0 Å². The van der Waals surface area contributed by atoms with Crippen LogP contribution < -0.4 is 11.5 Å². The minimum atomic E-state index is -0.904. The summed E-state index contributed by atoms with van der Waals surface area (Å²) in [6.07, 6.45) is 15.6. The number of hydrogen-bond donors (Lipinski definition) is 3. The van der Waals surface area contributed by atoms with E-state index in [1.54, 1.807) is 4.57 Å². The molecule has 2 aromatic rings. The number of anilines is 1. The maximum Gasteiger partial charge on any atom is 0.253 e. The first-order valence-electron chi connectivity index (χ1n) is 10.6. The molecule has 4 rings (SSSR count). The van der Waals surface area contributed by atoms with Crippen molar-refractivity contribution in [3.05, 3.63) is 46.5 Å². The number of aryl methyl sites for hydroxylation is 1. The number of ketones is 1. The zero-order valence-corrected chi connectivity index (χ0v) is 19.0. The molecule has 1 aromatic heterocycles. The number of amides is 1. The van der Waals surface area contributed by atoms with E-state index in [1.165, 1.54) is 25.0 Å². The summed E-state index contributed by atoms with van der Waals surface area (Å²) in [5.41, 5.74) is 13.4. The smallest absolute Gasteiger partial charge is 0.253 e. The van der Waals surface area contributed by atoms with E-state index in [-0.39, 0.29) is 28.6 Å². The number of primary amides is 1. The lowest BCUT2D eigenvalue weighted by molar-refractivity contribution is 0.0909. The molecule has 6 nitrogen and oxygen atoms in total. The Balaban J connectivity index is 0.000000387. The van der Waals surface area contributed by atoms with Gasteiger partial charge >= 0.3 is 0 Å². The Bertz CT molecular complexity index is 1010. The van der Waals surface area contributed by atoms with Crippen LogP contribution in [0.3, 0.4) is 0 Å². The predicted octanol–water partition coefficient (Wildman–Crippen LogP) is 3.93. The molecule has 1 heterocycles. The summed E-state index contributed by atoms with van der Waals surface area (Å²) in [4.78, 5) is 23.8. The highest BCUT2D eigenvalue weighted by molar-refractivity contribution is 6.01. The standard InChI is InChI=1S/C18H20FN3O2.C5H10O.C2H2/c1-9-8-22(13-6-18(2,3)7-14(23)15(9)13)10-4-11(19)16(17(21)24)12(20)5-10;6-5-3-1-2-4-5;1-2/h4-5,8H,6-7,20H2,1-3H3,(H2,21,24);5-6H,1-4H2;1-2H. The molecule has 1 aromatic carbocycles. The number of hydrogen-bond acceptors (Lipinski definition) is 4. The highest BCUT2D eigenvalue weighted by Gasteiger charge is 2.35. The fourth-order valence-electron chi connectivity index (χ4n) is 4.42. The maximum atomic E-state index is 14.3. The molecule has 5 N–H and O–H groups in total. The second-order valence-electron chi connectivity index (χ2n) is 9.14. The van der Waals surface area contributed by atoms with E-state index in [0.717, 1.165) is 24.1 Å². The van der Waals surface area contributed by atoms with Crippen LogP contribution in [0.5, 0.6) is 0 Å². The van der Waals surface area contributed by atoms with E-state index < -0.39 is 11.7 Å². The monoisotopic (exact) mass is 441 g/mol. The van der Waals surface area contributed by atoms with E-state index in [4.69, 9.17) is 16.6 Å². The molecular formula is C25H32FN3O3. The van der Waals surface area contributed by atoms with Gasteiger partial charge in [-0.25, -0.2) is 4.39 Å². The second kappa shape index (κ2) is 10.0. The maximum absolute atomic E-state index is 14.3. The number of nitrogens with two attached hydrogens (primary N) is 2. The molecule has 1 amide bonds. The van der Waals surface area contributed by atoms with Crippen LogP contribution in [-0.4, -0.2) is 27.5 Å². The number of aromatic nitrogens is 1. The summed E-state index contributed by atoms with van der Waals surface area (Å²) in [7, 11) is 0. The van der Waals surface area contributed by atoms with Gasteiger partial charge in [0.2, 0.25) is 0 Å². The number of rotatable bonds is 2. The van der Waals surface area contributed by atoms with Crippen LogP contribution in [0, 0.1) is 31.0 Å². The average Bonchev–Trinajstić information content (AvgIpc) is 3.28. The van der Waals surface area contributed by atoms with Crippen LogP contribution >= 0.6 is 0 Å². The molecule has 2 aliphatic rings. The number of halogens is 1. The number of carbonyl (C=O) groups excluding carboxylic acids is 2. The molecule has 0 atom stereocenters. The number of nitrogens with zero attached hydrogens (tertiary/aromatic N) is 1. The molecule has 0 saturated heterocycles. The van der Waals surface area contributed by atoms with Gasteiger partial charge in [0, 0.05) is 29.6 Å². The summed E-state index contributed by atoms with van der Waals surface area (Å²) in [5.74, 6) is -1.57. The zero-order chi connectivity index (χ0) is 24.2. The average molecular weight is 442 g/mol.